The molecule has 256 valence electrons. The van der Waals surface area contributed by atoms with Crippen LogP contribution in [0.25, 0.3) is 88.4 Å². The predicted octanol–water partition coefficient (Wildman–Crippen LogP) is 12.2. The number of fused-ring (bicyclic) bond motifs is 10. The van der Waals surface area contributed by atoms with Crippen molar-refractivity contribution in [3.63, 3.8) is 0 Å². The van der Waals surface area contributed by atoms with Crippen LogP contribution in [0.2, 0.25) is 0 Å². The molecule has 0 saturated carbocycles. The van der Waals surface area contributed by atoms with E-state index < -0.39 is 0 Å². The lowest BCUT2D eigenvalue weighted by atomic mass is 9.83. The van der Waals surface area contributed by atoms with Crippen molar-refractivity contribution in [2.24, 2.45) is 0 Å². The third kappa shape index (κ3) is 4.63. The van der Waals surface area contributed by atoms with E-state index in [1.54, 1.807) is 6.07 Å². The number of aromatic hydroxyl groups is 1. The molecular weight excluding hydrogens is 649 g/mol. The third-order valence-electron chi connectivity index (χ3n) is 11.0. The fourth-order valence-electron chi connectivity index (χ4n) is 8.50. The maximum absolute atomic E-state index is 11.6. The van der Waals surface area contributed by atoms with E-state index in [2.05, 4.69) is 159 Å². The molecule has 10 aromatic rings. The SMILES string of the molecule is Cc1cccc(C)c1-c1ccnc(-c2cc(-c3cccc4c3nc3c5c(O)cccc5n5c6ccccc6c6cccc(c65)n43)cc(C(C)(C)C)c2)c1. The van der Waals surface area contributed by atoms with E-state index in [1.807, 2.05) is 12.3 Å². The van der Waals surface area contributed by atoms with E-state index in [9.17, 15) is 5.11 Å². The molecule has 0 radical (unpaired) electrons. The van der Waals surface area contributed by atoms with Gasteiger partial charge in [-0.1, -0.05) is 93.6 Å². The zero-order valence-corrected chi connectivity index (χ0v) is 30.4. The monoisotopic (exact) mass is 686 g/mol. The van der Waals surface area contributed by atoms with Crippen molar-refractivity contribution >= 4 is 54.9 Å². The smallest absolute Gasteiger partial charge is 0.151 e. The topological polar surface area (TPSA) is 54.8 Å². The maximum Gasteiger partial charge on any atom is 0.151 e. The second-order valence-electron chi connectivity index (χ2n) is 15.4. The summed E-state index contributed by atoms with van der Waals surface area (Å²) in [6.07, 6.45) is 1.93. The first-order valence-electron chi connectivity index (χ1n) is 18.2. The number of pyridine rings is 1. The Morgan fingerprint density at radius 2 is 1.26 bits per heavy atom. The number of nitrogens with zero attached hydrogens (tertiary/aromatic N) is 4. The molecule has 10 rings (SSSR count). The molecule has 0 unspecified atom stereocenters. The van der Waals surface area contributed by atoms with Crippen molar-refractivity contribution in [1.82, 2.24) is 18.8 Å². The van der Waals surface area contributed by atoms with E-state index in [1.165, 1.54) is 33.2 Å². The standard InChI is InChI=1S/C48H38N4O/c1-28-12-8-13-29(2)43(28)30-22-23-49-37(27-30)32-24-31(25-33(26-32)48(3,4)5)34-15-9-19-40-45(34)50-47-44-39(18-11-21-42(44)53)51-38-17-7-6-14-35(38)36-16-10-20-41(46(36)51)52(40)47/h6-27,53H,1-5H3. The Morgan fingerprint density at radius 3 is 2.09 bits per heavy atom. The quantitative estimate of drug-likeness (QED) is 0.201. The first-order valence-corrected chi connectivity index (χ1v) is 18.2. The zero-order valence-electron chi connectivity index (χ0n) is 30.4. The Bertz CT molecular complexity index is 3120. The Labute approximate surface area is 307 Å². The van der Waals surface area contributed by atoms with Gasteiger partial charge in [0.25, 0.3) is 0 Å². The average Bonchev–Trinajstić information content (AvgIpc) is 3.67. The molecule has 0 aliphatic rings. The van der Waals surface area contributed by atoms with Crippen LogP contribution in [0.5, 0.6) is 5.75 Å². The van der Waals surface area contributed by atoms with Gasteiger partial charge in [-0.3, -0.25) is 9.38 Å². The Hall–Kier alpha value is -6.46. The highest BCUT2D eigenvalue weighted by Crippen LogP contribution is 2.42. The molecule has 5 heteroatoms. The second-order valence-corrected chi connectivity index (χ2v) is 15.4. The first-order chi connectivity index (χ1) is 25.7. The Kier molecular flexibility index (Phi) is 6.65. The number of rotatable bonds is 3. The molecule has 0 fully saturated rings. The lowest BCUT2D eigenvalue weighted by Crippen LogP contribution is -2.11. The number of aromatic nitrogens is 4. The average molecular weight is 687 g/mol. The Morgan fingerprint density at radius 1 is 0.585 bits per heavy atom. The lowest BCUT2D eigenvalue weighted by molar-refractivity contribution is 0.482. The molecule has 0 aliphatic heterocycles. The van der Waals surface area contributed by atoms with Gasteiger partial charge in [0.05, 0.1) is 44.2 Å². The van der Waals surface area contributed by atoms with Gasteiger partial charge in [-0.15, -0.1) is 0 Å². The van der Waals surface area contributed by atoms with Gasteiger partial charge in [-0.25, -0.2) is 4.98 Å². The van der Waals surface area contributed by atoms with E-state index in [0.29, 0.717) is 5.39 Å². The highest BCUT2D eigenvalue weighted by atomic mass is 16.3. The normalized spacial score (nSPS) is 12.3. The van der Waals surface area contributed by atoms with Gasteiger partial charge in [-0.05, 0) is 107 Å². The summed E-state index contributed by atoms with van der Waals surface area (Å²) in [5.41, 5.74) is 16.9. The fraction of sp³-hybridized carbons (Fsp3) is 0.125. The van der Waals surface area contributed by atoms with Crippen molar-refractivity contribution in [1.29, 1.82) is 0 Å². The van der Waals surface area contributed by atoms with Crippen molar-refractivity contribution in [3.8, 4) is 39.3 Å². The summed E-state index contributed by atoms with van der Waals surface area (Å²) in [7, 11) is 0. The largest absolute Gasteiger partial charge is 0.507 e. The number of para-hydroxylation sites is 3. The van der Waals surface area contributed by atoms with Crippen molar-refractivity contribution in [2.45, 2.75) is 40.0 Å². The van der Waals surface area contributed by atoms with E-state index in [4.69, 9.17) is 9.97 Å². The van der Waals surface area contributed by atoms with Crippen LogP contribution in [0, 0.1) is 13.8 Å². The molecule has 4 aromatic heterocycles. The molecule has 0 spiro atoms. The summed E-state index contributed by atoms with van der Waals surface area (Å²) >= 11 is 0. The van der Waals surface area contributed by atoms with Crippen molar-refractivity contribution < 1.29 is 5.11 Å². The fourth-order valence-corrected chi connectivity index (χ4v) is 8.50. The van der Waals surface area contributed by atoms with Gasteiger partial charge >= 0.3 is 0 Å². The number of hydrogen-bond donors (Lipinski definition) is 1. The van der Waals surface area contributed by atoms with Crippen LogP contribution >= 0.6 is 0 Å². The molecule has 0 aliphatic carbocycles. The molecule has 53 heavy (non-hydrogen) atoms. The second kappa shape index (κ2) is 11.3. The van der Waals surface area contributed by atoms with Crippen molar-refractivity contribution in [3.05, 3.63) is 150 Å². The van der Waals surface area contributed by atoms with Gasteiger partial charge in [0.2, 0.25) is 0 Å². The summed E-state index contributed by atoms with van der Waals surface area (Å²) in [4.78, 5) is 10.4. The molecular formula is C48H38N4O. The van der Waals surface area contributed by atoms with Crippen LogP contribution < -0.4 is 0 Å². The van der Waals surface area contributed by atoms with Crippen LogP contribution in [-0.4, -0.2) is 23.9 Å². The minimum absolute atomic E-state index is 0.109. The van der Waals surface area contributed by atoms with E-state index >= 15 is 0 Å². The predicted molar refractivity (Wildman–Crippen MR) is 220 cm³/mol. The van der Waals surface area contributed by atoms with Gasteiger partial charge < -0.3 is 9.51 Å². The number of phenolic OH excluding ortho intramolecular Hbond substituents is 1. The molecule has 6 aromatic carbocycles. The van der Waals surface area contributed by atoms with Gasteiger partial charge in [-0.2, -0.15) is 0 Å². The summed E-state index contributed by atoms with van der Waals surface area (Å²) in [6.45, 7) is 11.1. The summed E-state index contributed by atoms with van der Waals surface area (Å²) < 4.78 is 4.53. The van der Waals surface area contributed by atoms with Gasteiger partial charge in [0.1, 0.15) is 5.75 Å². The highest BCUT2D eigenvalue weighted by Gasteiger charge is 2.23. The van der Waals surface area contributed by atoms with Crippen LogP contribution in [-0.2, 0) is 5.41 Å². The Balaban J connectivity index is 1.29. The minimum atomic E-state index is -0.109. The van der Waals surface area contributed by atoms with E-state index in [-0.39, 0.29) is 11.2 Å². The molecule has 0 atom stereocenters. The van der Waals surface area contributed by atoms with Gasteiger partial charge in [0, 0.05) is 28.1 Å². The molecule has 0 bridgehead atoms. The van der Waals surface area contributed by atoms with Crippen LogP contribution in [0.3, 0.4) is 0 Å². The van der Waals surface area contributed by atoms with Crippen molar-refractivity contribution in [2.75, 3.05) is 0 Å². The number of hydrogen-bond acceptors (Lipinski definition) is 3. The van der Waals surface area contributed by atoms with Crippen LogP contribution in [0.1, 0.15) is 37.5 Å². The summed E-state index contributed by atoms with van der Waals surface area (Å²) in [5.74, 6) is 0.200. The van der Waals surface area contributed by atoms with Gasteiger partial charge in [0.15, 0.2) is 5.65 Å². The molecule has 0 amide bonds. The minimum Gasteiger partial charge on any atom is -0.507 e. The van der Waals surface area contributed by atoms with E-state index in [0.717, 1.165) is 66.5 Å². The van der Waals surface area contributed by atoms with Crippen LogP contribution in [0.4, 0.5) is 0 Å². The molecule has 0 saturated heterocycles. The number of phenols is 1. The van der Waals surface area contributed by atoms with Crippen LogP contribution in [0.15, 0.2) is 134 Å². The number of imidazole rings is 1. The highest BCUT2D eigenvalue weighted by molar-refractivity contribution is 6.18. The number of aryl methyl sites for hydroxylation is 2. The lowest BCUT2D eigenvalue weighted by Gasteiger charge is -2.22. The molecule has 4 heterocycles. The maximum atomic E-state index is 11.6. The third-order valence-corrected chi connectivity index (χ3v) is 11.0. The molecule has 5 nitrogen and oxygen atoms in total. The number of benzene rings is 6. The summed E-state index contributed by atoms with van der Waals surface area (Å²) in [5, 5.41) is 14.7. The zero-order chi connectivity index (χ0) is 36.2. The molecule has 1 N–H and O–H groups in total. The first kappa shape index (κ1) is 31.3. The summed E-state index contributed by atoms with van der Waals surface area (Å²) in [6, 6.07) is 44.9.